The van der Waals surface area contributed by atoms with E-state index in [1.54, 1.807) is 0 Å². The van der Waals surface area contributed by atoms with Crippen molar-refractivity contribution in [2.24, 2.45) is 0 Å². The van der Waals surface area contributed by atoms with Crippen LogP contribution >= 0.6 is 11.8 Å². The molecule has 0 spiro atoms. The minimum Gasteiger partial charge on any atom is -0.348 e. The lowest BCUT2D eigenvalue weighted by Crippen LogP contribution is -2.42. The molecule has 6 nitrogen and oxygen atoms in total. The lowest BCUT2D eigenvalue weighted by atomic mass is 10.1. The maximum Gasteiger partial charge on any atom is 0.233 e. The van der Waals surface area contributed by atoms with E-state index in [1.807, 2.05) is 11.8 Å². The standard InChI is InChI=1S/C15H21N5OS/c1-3-11-12-6-5-7-19(12)8-9-20(11)14(21)10-22-15-16-13(4-2)17-18-15/h5-7,11H,3-4,8-10H2,1-2H3,(H,16,17,18). The van der Waals surface area contributed by atoms with Crippen LogP contribution in [0.2, 0.25) is 0 Å². The first-order valence-electron chi connectivity index (χ1n) is 7.71. The number of carbonyl (C=O) groups excluding carboxylic acids is 1. The van der Waals surface area contributed by atoms with Crippen molar-refractivity contribution in [2.75, 3.05) is 12.3 Å². The van der Waals surface area contributed by atoms with Crippen LogP contribution in [0.3, 0.4) is 0 Å². The van der Waals surface area contributed by atoms with Crippen LogP contribution in [0, 0.1) is 0 Å². The second-order valence-electron chi connectivity index (χ2n) is 5.34. The minimum atomic E-state index is 0.159. The number of hydrogen-bond acceptors (Lipinski definition) is 4. The summed E-state index contributed by atoms with van der Waals surface area (Å²) in [5.74, 6) is 1.41. The number of fused-ring (bicyclic) bond motifs is 1. The van der Waals surface area contributed by atoms with Crippen LogP contribution in [-0.4, -0.2) is 42.9 Å². The van der Waals surface area contributed by atoms with Gasteiger partial charge in [0.2, 0.25) is 11.1 Å². The Balaban J connectivity index is 1.64. The number of aromatic amines is 1. The molecule has 1 N–H and O–H groups in total. The van der Waals surface area contributed by atoms with Gasteiger partial charge >= 0.3 is 0 Å². The van der Waals surface area contributed by atoms with E-state index in [9.17, 15) is 4.79 Å². The molecule has 0 aromatic carbocycles. The lowest BCUT2D eigenvalue weighted by Gasteiger charge is -2.36. The van der Waals surface area contributed by atoms with Gasteiger partial charge in [0, 0.05) is 31.4 Å². The average molecular weight is 319 g/mol. The molecule has 3 rings (SSSR count). The number of aromatic nitrogens is 4. The number of aryl methyl sites for hydroxylation is 1. The molecule has 1 atom stereocenters. The van der Waals surface area contributed by atoms with E-state index in [0.29, 0.717) is 10.9 Å². The average Bonchev–Trinajstić information content (AvgIpc) is 3.19. The van der Waals surface area contributed by atoms with Gasteiger partial charge in [0.05, 0.1) is 11.8 Å². The molecule has 2 aromatic rings. The summed E-state index contributed by atoms with van der Waals surface area (Å²) >= 11 is 1.40. The van der Waals surface area contributed by atoms with Gasteiger partial charge in [-0.05, 0) is 18.6 Å². The quantitative estimate of drug-likeness (QED) is 0.859. The smallest absolute Gasteiger partial charge is 0.233 e. The highest BCUT2D eigenvalue weighted by Crippen LogP contribution is 2.29. The molecule has 0 saturated heterocycles. The van der Waals surface area contributed by atoms with Crippen LogP contribution < -0.4 is 0 Å². The summed E-state index contributed by atoms with van der Waals surface area (Å²) in [5, 5.41) is 7.65. The van der Waals surface area contributed by atoms with Gasteiger partial charge < -0.3 is 9.47 Å². The van der Waals surface area contributed by atoms with Crippen molar-refractivity contribution in [3.8, 4) is 0 Å². The fraction of sp³-hybridized carbons (Fsp3) is 0.533. The summed E-state index contributed by atoms with van der Waals surface area (Å²) in [6, 6.07) is 4.35. The number of amides is 1. The fourth-order valence-corrected chi connectivity index (χ4v) is 3.61. The summed E-state index contributed by atoms with van der Waals surface area (Å²) < 4.78 is 2.24. The molecular formula is C15H21N5OS. The first-order chi connectivity index (χ1) is 10.7. The molecule has 0 bridgehead atoms. The number of hydrogen-bond donors (Lipinski definition) is 1. The van der Waals surface area contributed by atoms with Gasteiger partial charge in [-0.2, -0.15) is 0 Å². The van der Waals surface area contributed by atoms with Gasteiger partial charge in [0.1, 0.15) is 5.82 Å². The Morgan fingerprint density at radius 1 is 1.45 bits per heavy atom. The maximum absolute atomic E-state index is 12.6. The summed E-state index contributed by atoms with van der Waals surface area (Å²) in [4.78, 5) is 18.9. The van der Waals surface area contributed by atoms with Gasteiger partial charge in [-0.1, -0.05) is 25.6 Å². The number of H-pyrrole nitrogens is 1. The molecule has 1 aliphatic rings. The molecular weight excluding hydrogens is 298 g/mol. The first kappa shape index (κ1) is 15.1. The zero-order valence-electron chi connectivity index (χ0n) is 13.0. The molecule has 0 aliphatic carbocycles. The molecule has 7 heteroatoms. The number of thioether (sulfide) groups is 1. The molecule has 1 amide bonds. The number of rotatable bonds is 5. The highest BCUT2D eigenvalue weighted by molar-refractivity contribution is 7.99. The van der Waals surface area contributed by atoms with Crippen molar-refractivity contribution >= 4 is 17.7 Å². The van der Waals surface area contributed by atoms with Crippen LogP contribution in [0.25, 0.3) is 0 Å². The largest absolute Gasteiger partial charge is 0.348 e. The minimum absolute atomic E-state index is 0.159. The lowest BCUT2D eigenvalue weighted by molar-refractivity contribution is -0.132. The zero-order chi connectivity index (χ0) is 15.5. The predicted molar refractivity (Wildman–Crippen MR) is 85.7 cm³/mol. The molecule has 22 heavy (non-hydrogen) atoms. The van der Waals surface area contributed by atoms with Crippen LogP contribution in [0.5, 0.6) is 0 Å². The monoisotopic (exact) mass is 319 g/mol. The number of nitrogens with zero attached hydrogens (tertiary/aromatic N) is 4. The maximum atomic E-state index is 12.6. The van der Waals surface area contributed by atoms with Gasteiger partial charge in [0.25, 0.3) is 0 Å². The highest BCUT2D eigenvalue weighted by Gasteiger charge is 2.29. The summed E-state index contributed by atoms with van der Waals surface area (Å²) in [7, 11) is 0. The fourth-order valence-electron chi connectivity index (χ4n) is 2.90. The Bertz CT molecular complexity index is 650. The van der Waals surface area contributed by atoms with E-state index in [4.69, 9.17) is 0 Å². The van der Waals surface area contributed by atoms with Gasteiger partial charge in [-0.3, -0.25) is 9.89 Å². The van der Waals surface area contributed by atoms with Crippen molar-refractivity contribution in [1.82, 2.24) is 24.6 Å². The molecule has 0 saturated carbocycles. The third-order valence-corrected chi connectivity index (χ3v) is 4.87. The van der Waals surface area contributed by atoms with Crippen LogP contribution in [0.15, 0.2) is 23.5 Å². The third kappa shape index (κ3) is 2.90. The molecule has 2 aromatic heterocycles. The summed E-state index contributed by atoms with van der Waals surface area (Å²) in [6.07, 6.45) is 3.85. The summed E-state index contributed by atoms with van der Waals surface area (Å²) in [6.45, 7) is 5.79. The first-order valence-corrected chi connectivity index (χ1v) is 8.70. The van der Waals surface area contributed by atoms with E-state index < -0.39 is 0 Å². The van der Waals surface area contributed by atoms with E-state index in [1.165, 1.54) is 17.5 Å². The van der Waals surface area contributed by atoms with Crippen molar-refractivity contribution in [1.29, 1.82) is 0 Å². The Morgan fingerprint density at radius 2 is 2.32 bits per heavy atom. The van der Waals surface area contributed by atoms with Crippen molar-refractivity contribution in [3.05, 3.63) is 29.8 Å². The molecule has 0 fully saturated rings. The second kappa shape index (κ2) is 6.56. The van der Waals surface area contributed by atoms with E-state index in [-0.39, 0.29) is 11.9 Å². The molecule has 3 heterocycles. The number of carbonyl (C=O) groups is 1. The van der Waals surface area contributed by atoms with Crippen LogP contribution in [-0.2, 0) is 17.8 Å². The second-order valence-corrected chi connectivity index (χ2v) is 6.29. The topological polar surface area (TPSA) is 66.8 Å². The molecule has 0 radical (unpaired) electrons. The Morgan fingerprint density at radius 3 is 3.05 bits per heavy atom. The highest BCUT2D eigenvalue weighted by atomic mass is 32.2. The van der Waals surface area contributed by atoms with Gasteiger partial charge in [0.15, 0.2) is 0 Å². The van der Waals surface area contributed by atoms with Gasteiger partial charge in [-0.25, -0.2) is 4.98 Å². The summed E-state index contributed by atoms with van der Waals surface area (Å²) in [5.41, 5.74) is 1.23. The normalized spacial score (nSPS) is 17.5. The molecule has 1 aliphatic heterocycles. The van der Waals surface area contributed by atoms with Crippen molar-refractivity contribution < 1.29 is 4.79 Å². The van der Waals surface area contributed by atoms with E-state index >= 15 is 0 Å². The third-order valence-electron chi connectivity index (χ3n) is 4.04. The molecule has 118 valence electrons. The SMILES string of the molecule is CCc1nc(SCC(=O)N2CCn3cccc3C2CC)n[nH]1. The number of nitrogens with one attached hydrogen (secondary N) is 1. The van der Waals surface area contributed by atoms with Crippen LogP contribution in [0.1, 0.15) is 37.8 Å². The van der Waals surface area contributed by atoms with Crippen molar-refractivity contribution in [2.45, 2.75) is 44.4 Å². The zero-order valence-corrected chi connectivity index (χ0v) is 13.8. The Kier molecular flexibility index (Phi) is 4.52. The van der Waals surface area contributed by atoms with E-state index in [2.05, 4.69) is 45.0 Å². The van der Waals surface area contributed by atoms with E-state index in [0.717, 1.165) is 31.8 Å². The van der Waals surface area contributed by atoms with Crippen LogP contribution in [0.4, 0.5) is 0 Å². The van der Waals surface area contributed by atoms with Crippen molar-refractivity contribution in [3.63, 3.8) is 0 Å². The molecule has 1 unspecified atom stereocenters. The van der Waals surface area contributed by atoms with Gasteiger partial charge in [-0.15, -0.1) is 5.10 Å². The Hall–Kier alpha value is -1.76. The predicted octanol–water partition coefficient (Wildman–Crippen LogP) is 2.25. The Labute approximate surface area is 134 Å².